The Morgan fingerprint density at radius 1 is 1.58 bits per heavy atom. The first-order valence-corrected chi connectivity index (χ1v) is 6.14. The van der Waals surface area contributed by atoms with Gasteiger partial charge >= 0.3 is 0 Å². The van der Waals surface area contributed by atoms with Gasteiger partial charge < -0.3 is 0 Å². The first kappa shape index (κ1) is 8.70. The highest BCUT2D eigenvalue weighted by Gasteiger charge is 2.35. The Balaban J connectivity index is 2.13. The van der Waals surface area contributed by atoms with Gasteiger partial charge in [-0.25, -0.2) is 0 Å². The Morgan fingerprint density at radius 2 is 2.42 bits per heavy atom. The molecular weight excluding hydrogens is 188 g/mol. The van der Waals surface area contributed by atoms with Crippen LogP contribution < -0.4 is 0 Å². The molecule has 0 bridgehead atoms. The maximum atomic E-state index is 11.6. The third-order valence-corrected chi connectivity index (χ3v) is 5.14. The topological polar surface area (TPSA) is 17.1 Å². The number of carbonyl (C=O) groups excluding carboxylic acids is 1. The molecule has 1 fully saturated rings. The number of thioether (sulfide) groups is 2. The third-order valence-electron chi connectivity index (χ3n) is 2.30. The van der Waals surface area contributed by atoms with Crippen LogP contribution in [-0.2, 0) is 4.79 Å². The largest absolute Gasteiger partial charge is 0.299 e. The van der Waals surface area contributed by atoms with Crippen molar-refractivity contribution in [2.75, 3.05) is 0 Å². The SMILES string of the molecule is CC1CC(=O)C2CC=CSC2S1. The molecule has 0 radical (unpaired) electrons. The van der Waals surface area contributed by atoms with Gasteiger partial charge in [-0.15, -0.1) is 23.5 Å². The maximum Gasteiger partial charge on any atom is 0.139 e. The first-order chi connectivity index (χ1) is 5.77. The van der Waals surface area contributed by atoms with Gasteiger partial charge in [-0.1, -0.05) is 13.0 Å². The molecule has 3 atom stereocenters. The van der Waals surface area contributed by atoms with E-state index in [0.717, 1.165) is 12.8 Å². The van der Waals surface area contributed by atoms with Gasteiger partial charge in [0.05, 0.1) is 4.58 Å². The molecule has 1 saturated heterocycles. The predicted octanol–water partition coefficient (Wildman–Crippen LogP) is 2.67. The van der Waals surface area contributed by atoms with Crippen molar-refractivity contribution in [3.63, 3.8) is 0 Å². The number of hydrogen-bond donors (Lipinski definition) is 0. The van der Waals surface area contributed by atoms with Crippen molar-refractivity contribution in [1.29, 1.82) is 0 Å². The number of fused-ring (bicyclic) bond motifs is 1. The summed E-state index contributed by atoms with van der Waals surface area (Å²) in [6.45, 7) is 2.15. The lowest BCUT2D eigenvalue weighted by molar-refractivity contribution is -0.122. The molecule has 66 valence electrons. The molecule has 0 N–H and O–H groups in total. The lowest BCUT2D eigenvalue weighted by Crippen LogP contribution is -2.32. The number of carbonyl (C=O) groups is 1. The molecule has 2 aliphatic rings. The van der Waals surface area contributed by atoms with Crippen LogP contribution in [0.3, 0.4) is 0 Å². The number of hydrogen-bond acceptors (Lipinski definition) is 3. The van der Waals surface area contributed by atoms with Crippen LogP contribution >= 0.6 is 23.5 Å². The molecule has 1 nitrogen and oxygen atoms in total. The van der Waals surface area contributed by atoms with Crippen molar-refractivity contribution in [3.05, 3.63) is 11.5 Å². The van der Waals surface area contributed by atoms with Gasteiger partial charge in [0.15, 0.2) is 0 Å². The van der Waals surface area contributed by atoms with Gasteiger partial charge in [-0.3, -0.25) is 4.79 Å². The fraction of sp³-hybridized carbons (Fsp3) is 0.667. The smallest absolute Gasteiger partial charge is 0.139 e. The van der Waals surface area contributed by atoms with Crippen LogP contribution in [0.5, 0.6) is 0 Å². The van der Waals surface area contributed by atoms with E-state index in [2.05, 4.69) is 18.4 Å². The highest BCUT2D eigenvalue weighted by Crippen LogP contribution is 2.44. The zero-order valence-corrected chi connectivity index (χ0v) is 8.66. The second kappa shape index (κ2) is 3.46. The molecule has 0 spiro atoms. The van der Waals surface area contributed by atoms with Crippen LogP contribution in [0.15, 0.2) is 11.5 Å². The van der Waals surface area contributed by atoms with Gasteiger partial charge in [0, 0.05) is 17.6 Å². The Labute approximate surface area is 81.4 Å². The summed E-state index contributed by atoms with van der Waals surface area (Å²) in [5, 5.41) is 2.66. The minimum absolute atomic E-state index is 0.307. The monoisotopic (exact) mass is 200 g/mol. The van der Waals surface area contributed by atoms with Gasteiger partial charge in [-0.2, -0.15) is 0 Å². The van der Waals surface area contributed by atoms with E-state index < -0.39 is 0 Å². The molecule has 2 heterocycles. The standard InChI is InChI=1S/C9H12OS2/c1-6-5-8(10)7-3-2-4-11-9(7)12-6/h2,4,6-7,9H,3,5H2,1H3. The van der Waals surface area contributed by atoms with Crippen molar-refractivity contribution >= 4 is 29.3 Å². The van der Waals surface area contributed by atoms with Crippen LogP contribution in [-0.4, -0.2) is 15.6 Å². The van der Waals surface area contributed by atoms with E-state index in [9.17, 15) is 4.79 Å². The molecule has 2 rings (SSSR count). The molecule has 0 aromatic rings. The van der Waals surface area contributed by atoms with Crippen molar-refractivity contribution in [2.24, 2.45) is 5.92 Å². The quantitative estimate of drug-likeness (QED) is 0.598. The molecule has 0 saturated carbocycles. The van der Waals surface area contributed by atoms with Crippen LogP contribution in [0.4, 0.5) is 0 Å². The summed E-state index contributed by atoms with van der Waals surface area (Å²) in [6.07, 6.45) is 3.87. The van der Waals surface area contributed by atoms with E-state index in [0.29, 0.717) is 21.5 Å². The van der Waals surface area contributed by atoms with Crippen LogP contribution in [0.1, 0.15) is 19.8 Å². The normalized spacial score (nSPS) is 41.1. The highest BCUT2D eigenvalue weighted by molar-refractivity contribution is 8.18. The third kappa shape index (κ3) is 1.57. The number of allylic oxidation sites excluding steroid dienone is 1. The van der Waals surface area contributed by atoms with Crippen molar-refractivity contribution < 1.29 is 4.79 Å². The average molecular weight is 200 g/mol. The Bertz CT molecular complexity index is 225. The van der Waals surface area contributed by atoms with Crippen molar-refractivity contribution in [1.82, 2.24) is 0 Å². The van der Waals surface area contributed by atoms with Crippen molar-refractivity contribution in [2.45, 2.75) is 29.6 Å². The Morgan fingerprint density at radius 3 is 3.25 bits per heavy atom. The highest BCUT2D eigenvalue weighted by atomic mass is 32.2. The lowest BCUT2D eigenvalue weighted by Gasteiger charge is -2.33. The summed E-state index contributed by atoms with van der Waals surface area (Å²) >= 11 is 3.78. The van der Waals surface area contributed by atoms with E-state index >= 15 is 0 Å². The van der Waals surface area contributed by atoms with E-state index in [1.807, 2.05) is 23.5 Å². The van der Waals surface area contributed by atoms with E-state index in [1.165, 1.54) is 0 Å². The van der Waals surface area contributed by atoms with Crippen LogP contribution in [0.2, 0.25) is 0 Å². The van der Waals surface area contributed by atoms with Crippen molar-refractivity contribution in [3.8, 4) is 0 Å². The zero-order chi connectivity index (χ0) is 8.55. The second-order valence-corrected chi connectivity index (χ2v) is 6.27. The average Bonchev–Trinajstić information content (AvgIpc) is 2.04. The molecule has 3 heteroatoms. The van der Waals surface area contributed by atoms with Gasteiger partial charge in [-0.05, 0) is 11.8 Å². The van der Waals surface area contributed by atoms with Crippen LogP contribution in [0.25, 0.3) is 0 Å². The lowest BCUT2D eigenvalue weighted by atomic mass is 9.98. The number of Topliss-reactive ketones (excluding diaryl/α,β-unsaturated/α-hetero) is 1. The van der Waals surface area contributed by atoms with E-state index in [-0.39, 0.29) is 0 Å². The molecule has 0 aromatic heterocycles. The van der Waals surface area contributed by atoms with Crippen LogP contribution in [0, 0.1) is 5.92 Å². The number of ketones is 1. The summed E-state index contributed by atoms with van der Waals surface area (Å²) in [5.41, 5.74) is 0. The maximum absolute atomic E-state index is 11.6. The van der Waals surface area contributed by atoms with E-state index in [1.54, 1.807) is 0 Å². The molecule has 0 aromatic carbocycles. The summed E-state index contributed by atoms with van der Waals surface area (Å²) in [4.78, 5) is 11.6. The Kier molecular flexibility index (Phi) is 2.51. The number of rotatable bonds is 0. The zero-order valence-electron chi connectivity index (χ0n) is 7.03. The fourth-order valence-corrected chi connectivity index (χ4v) is 4.68. The summed E-state index contributed by atoms with van der Waals surface area (Å²) < 4.78 is 0.506. The molecule has 2 aliphatic heterocycles. The van der Waals surface area contributed by atoms with Gasteiger partial charge in [0.25, 0.3) is 0 Å². The Hall–Kier alpha value is 0.110. The molecule has 3 unspecified atom stereocenters. The molecule has 0 aliphatic carbocycles. The second-order valence-electron chi connectivity index (χ2n) is 3.34. The molecule has 0 amide bonds. The minimum atomic E-state index is 0.307. The molecule has 12 heavy (non-hydrogen) atoms. The van der Waals surface area contributed by atoms with Gasteiger partial charge in [0.1, 0.15) is 5.78 Å². The van der Waals surface area contributed by atoms with E-state index in [4.69, 9.17) is 0 Å². The van der Waals surface area contributed by atoms with Gasteiger partial charge in [0.2, 0.25) is 0 Å². The minimum Gasteiger partial charge on any atom is -0.299 e. The summed E-state index contributed by atoms with van der Waals surface area (Å²) in [6, 6.07) is 0. The summed E-state index contributed by atoms with van der Waals surface area (Å²) in [7, 11) is 0. The summed E-state index contributed by atoms with van der Waals surface area (Å²) in [5.74, 6) is 0.782. The first-order valence-electron chi connectivity index (χ1n) is 4.26. The molecular formula is C9H12OS2. The fourth-order valence-electron chi connectivity index (χ4n) is 1.66. The predicted molar refractivity (Wildman–Crippen MR) is 55.3 cm³/mol.